The van der Waals surface area contributed by atoms with E-state index in [0.717, 1.165) is 26.6 Å². The fraction of sp³-hybridized carbons (Fsp3) is 0.200. The fourth-order valence-electron chi connectivity index (χ4n) is 2.92. The van der Waals surface area contributed by atoms with E-state index in [-0.39, 0.29) is 11.7 Å². The van der Waals surface area contributed by atoms with Crippen LogP contribution in [-0.4, -0.2) is 38.0 Å². The molecule has 0 radical (unpaired) electrons. The molecule has 4 rings (SSSR count). The molecule has 142 valence electrons. The number of thiazole rings is 1. The normalized spacial score (nSPS) is 11.1. The summed E-state index contributed by atoms with van der Waals surface area (Å²) in [6, 6.07) is 16.0. The number of para-hydroxylation sites is 2. The number of carbonyl (C=O) groups is 1. The van der Waals surface area contributed by atoms with E-state index in [2.05, 4.69) is 15.2 Å². The molecular weight excluding hydrogens is 390 g/mol. The monoisotopic (exact) mass is 409 g/mol. The average Bonchev–Trinajstić information content (AvgIpc) is 3.34. The molecule has 2 heterocycles. The Hall–Kier alpha value is -2.71. The molecule has 0 bridgehead atoms. The van der Waals surface area contributed by atoms with Crippen molar-refractivity contribution in [3.8, 4) is 5.69 Å². The molecule has 0 aliphatic carbocycles. The van der Waals surface area contributed by atoms with Gasteiger partial charge in [-0.05, 0) is 37.6 Å². The van der Waals surface area contributed by atoms with Crippen LogP contribution >= 0.6 is 23.1 Å². The number of hydrogen-bond acceptors (Lipinski definition) is 6. The summed E-state index contributed by atoms with van der Waals surface area (Å²) in [5, 5.41) is 9.65. The number of amides is 1. The SMILES string of the molecule is CCN(C(=O)CSc1nncn1-c1ccccc1C)c1nc2ccccc2s1. The summed E-state index contributed by atoms with van der Waals surface area (Å²) in [7, 11) is 0. The van der Waals surface area contributed by atoms with Crippen molar-refractivity contribution in [1.29, 1.82) is 0 Å². The largest absolute Gasteiger partial charge is 0.288 e. The molecule has 1 amide bonds. The summed E-state index contributed by atoms with van der Waals surface area (Å²) >= 11 is 2.92. The Bertz CT molecular complexity index is 1090. The van der Waals surface area contributed by atoms with E-state index >= 15 is 0 Å². The number of nitrogens with zero attached hydrogens (tertiary/aromatic N) is 5. The van der Waals surface area contributed by atoms with Crippen molar-refractivity contribution >= 4 is 44.4 Å². The Morgan fingerprint density at radius 2 is 1.96 bits per heavy atom. The van der Waals surface area contributed by atoms with Gasteiger partial charge in [-0.25, -0.2) is 4.98 Å². The van der Waals surface area contributed by atoms with Crippen molar-refractivity contribution in [3.63, 3.8) is 0 Å². The smallest absolute Gasteiger partial charge is 0.239 e. The minimum absolute atomic E-state index is 0.00545. The number of anilines is 1. The van der Waals surface area contributed by atoms with Crippen LogP contribution in [0.5, 0.6) is 0 Å². The first-order valence-corrected chi connectivity index (χ1v) is 10.7. The molecule has 0 unspecified atom stereocenters. The highest BCUT2D eigenvalue weighted by Crippen LogP contribution is 2.29. The van der Waals surface area contributed by atoms with Crippen LogP contribution < -0.4 is 4.90 Å². The molecule has 0 saturated heterocycles. The van der Waals surface area contributed by atoms with Crippen LogP contribution in [0.1, 0.15) is 12.5 Å². The van der Waals surface area contributed by atoms with Gasteiger partial charge in [0.05, 0.1) is 21.7 Å². The fourth-order valence-corrected chi connectivity index (χ4v) is 4.76. The zero-order chi connectivity index (χ0) is 19.5. The number of benzene rings is 2. The molecule has 0 spiro atoms. The summed E-state index contributed by atoms with van der Waals surface area (Å²) < 4.78 is 3.00. The lowest BCUT2D eigenvalue weighted by Crippen LogP contribution is -2.32. The lowest BCUT2D eigenvalue weighted by molar-refractivity contribution is -0.116. The number of hydrogen-bond donors (Lipinski definition) is 0. The van der Waals surface area contributed by atoms with Crippen LogP contribution in [0.4, 0.5) is 5.13 Å². The number of fused-ring (bicyclic) bond motifs is 1. The van der Waals surface area contributed by atoms with Crippen molar-refractivity contribution in [1.82, 2.24) is 19.7 Å². The molecule has 28 heavy (non-hydrogen) atoms. The highest BCUT2D eigenvalue weighted by Gasteiger charge is 2.19. The van der Waals surface area contributed by atoms with Crippen molar-refractivity contribution in [2.75, 3.05) is 17.2 Å². The van der Waals surface area contributed by atoms with Crippen LogP contribution in [-0.2, 0) is 4.79 Å². The summed E-state index contributed by atoms with van der Waals surface area (Å²) in [6.07, 6.45) is 1.68. The Labute approximate surface area is 171 Å². The van der Waals surface area contributed by atoms with Gasteiger partial charge in [0.25, 0.3) is 0 Å². The van der Waals surface area contributed by atoms with Gasteiger partial charge in [-0.3, -0.25) is 14.3 Å². The number of carbonyl (C=O) groups excluding carboxylic acids is 1. The van der Waals surface area contributed by atoms with E-state index in [1.165, 1.54) is 23.1 Å². The predicted molar refractivity (Wildman–Crippen MR) is 114 cm³/mol. The molecule has 0 saturated carbocycles. The second kappa shape index (κ2) is 8.12. The summed E-state index contributed by atoms with van der Waals surface area (Å²) in [5.41, 5.74) is 3.06. The summed E-state index contributed by atoms with van der Waals surface area (Å²) in [5.74, 6) is 0.278. The Morgan fingerprint density at radius 1 is 1.18 bits per heavy atom. The Kier molecular flexibility index (Phi) is 5.40. The Balaban J connectivity index is 1.51. The molecule has 0 atom stereocenters. The van der Waals surface area contributed by atoms with E-state index in [9.17, 15) is 4.79 Å². The van der Waals surface area contributed by atoms with Crippen molar-refractivity contribution in [2.45, 2.75) is 19.0 Å². The van der Waals surface area contributed by atoms with Gasteiger partial charge in [0, 0.05) is 6.54 Å². The van der Waals surface area contributed by atoms with E-state index < -0.39 is 0 Å². The molecule has 0 fully saturated rings. The van der Waals surface area contributed by atoms with Gasteiger partial charge in [0.15, 0.2) is 10.3 Å². The second-order valence-corrected chi connectivity index (χ2v) is 8.11. The van der Waals surface area contributed by atoms with Gasteiger partial charge in [-0.2, -0.15) is 0 Å². The zero-order valence-electron chi connectivity index (χ0n) is 15.6. The van der Waals surface area contributed by atoms with Crippen LogP contribution in [0.25, 0.3) is 15.9 Å². The maximum atomic E-state index is 12.9. The first kappa shape index (κ1) is 18.6. The number of aryl methyl sites for hydroxylation is 1. The third-order valence-corrected chi connectivity index (χ3v) is 6.33. The molecule has 2 aromatic heterocycles. The molecule has 8 heteroatoms. The van der Waals surface area contributed by atoms with Gasteiger partial charge in [0.1, 0.15) is 6.33 Å². The topological polar surface area (TPSA) is 63.9 Å². The number of thioether (sulfide) groups is 1. The molecule has 0 aliphatic rings. The summed E-state index contributed by atoms with van der Waals surface area (Å²) in [6.45, 7) is 4.58. The van der Waals surface area contributed by atoms with Crippen molar-refractivity contribution in [2.24, 2.45) is 0 Å². The van der Waals surface area contributed by atoms with Crippen molar-refractivity contribution < 1.29 is 4.79 Å². The molecule has 6 nitrogen and oxygen atoms in total. The second-order valence-electron chi connectivity index (χ2n) is 6.16. The number of aromatic nitrogens is 4. The third-order valence-electron chi connectivity index (χ3n) is 4.35. The van der Waals surface area contributed by atoms with Crippen LogP contribution in [0.15, 0.2) is 60.0 Å². The molecule has 2 aromatic carbocycles. The Morgan fingerprint density at radius 3 is 2.75 bits per heavy atom. The first-order valence-electron chi connectivity index (χ1n) is 8.92. The lowest BCUT2D eigenvalue weighted by Gasteiger charge is -2.17. The lowest BCUT2D eigenvalue weighted by atomic mass is 10.2. The maximum Gasteiger partial charge on any atom is 0.239 e. The quantitative estimate of drug-likeness (QED) is 0.444. The average molecular weight is 410 g/mol. The van der Waals surface area contributed by atoms with Crippen molar-refractivity contribution in [3.05, 3.63) is 60.4 Å². The van der Waals surface area contributed by atoms with Crippen LogP contribution in [0, 0.1) is 6.92 Å². The van der Waals surface area contributed by atoms with Gasteiger partial charge in [-0.15, -0.1) is 10.2 Å². The van der Waals surface area contributed by atoms with E-state index in [1.54, 1.807) is 11.2 Å². The maximum absolute atomic E-state index is 12.9. The third kappa shape index (κ3) is 3.65. The minimum atomic E-state index is 0.00545. The molecular formula is C20H19N5OS2. The van der Waals surface area contributed by atoms with Gasteiger partial charge >= 0.3 is 0 Å². The van der Waals surface area contributed by atoms with Gasteiger partial charge in [0.2, 0.25) is 5.91 Å². The first-order chi connectivity index (χ1) is 13.7. The van der Waals surface area contributed by atoms with Crippen LogP contribution in [0.3, 0.4) is 0 Å². The van der Waals surface area contributed by atoms with Gasteiger partial charge < -0.3 is 0 Å². The number of rotatable bonds is 6. The van der Waals surface area contributed by atoms with E-state index in [4.69, 9.17) is 0 Å². The highest BCUT2D eigenvalue weighted by atomic mass is 32.2. The standard InChI is InChI=1S/C20H19N5OS2/c1-3-24(19-22-15-9-5-7-11-17(15)28-19)18(26)12-27-20-23-21-13-25(20)16-10-6-4-8-14(16)2/h4-11,13H,3,12H2,1-2H3. The molecule has 0 N–H and O–H groups in total. The van der Waals surface area contributed by atoms with Crippen LogP contribution in [0.2, 0.25) is 0 Å². The molecule has 0 aliphatic heterocycles. The minimum Gasteiger partial charge on any atom is -0.288 e. The van der Waals surface area contributed by atoms with E-state index in [1.807, 2.05) is 66.9 Å². The molecule has 4 aromatic rings. The van der Waals surface area contributed by atoms with E-state index in [0.29, 0.717) is 11.7 Å². The highest BCUT2D eigenvalue weighted by molar-refractivity contribution is 7.99. The summed E-state index contributed by atoms with van der Waals surface area (Å²) in [4.78, 5) is 19.2. The predicted octanol–water partition coefficient (Wildman–Crippen LogP) is 4.33. The van der Waals surface area contributed by atoms with Gasteiger partial charge in [-0.1, -0.05) is 53.4 Å². The zero-order valence-corrected chi connectivity index (χ0v) is 17.2.